The number of carbonyl (C=O) groups excluding carboxylic acids is 1. The number of nitrogens with one attached hydrogen (secondary N) is 1. The smallest absolute Gasteiger partial charge is 0.241 e. The van der Waals surface area contributed by atoms with E-state index >= 15 is 0 Å². The molecule has 2 atom stereocenters. The van der Waals surface area contributed by atoms with Gasteiger partial charge in [0, 0.05) is 6.54 Å². The molecule has 3 aromatic rings. The second-order valence-electron chi connectivity index (χ2n) is 6.67. The zero-order chi connectivity index (χ0) is 17.8. The largest absolute Gasteiger partial charge is 0.317 e. The van der Waals surface area contributed by atoms with Gasteiger partial charge in [-0.25, -0.2) is 0 Å². The lowest BCUT2D eigenvalue weighted by atomic mass is 10.1. The average Bonchev–Trinajstić information content (AvgIpc) is 3.00. The standard InChI is InChI=1S/C23H22N2O/c26-23-21(16-18-10-4-1-5-11-18)24-22(20-14-8-3-9-15-20)25(23)17-19-12-6-2-7-13-19/h1-15,21-22,24H,16-17H2. The third kappa shape index (κ3) is 3.53. The van der Waals surface area contributed by atoms with Gasteiger partial charge in [0.1, 0.15) is 6.17 Å². The van der Waals surface area contributed by atoms with Gasteiger partial charge in [-0.3, -0.25) is 10.1 Å². The van der Waals surface area contributed by atoms with E-state index in [1.54, 1.807) is 0 Å². The van der Waals surface area contributed by atoms with Crippen LogP contribution in [-0.2, 0) is 17.8 Å². The molecule has 0 bridgehead atoms. The second-order valence-corrected chi connectivity index (χ2v) is 6.67. The fourth-order valence-corrected chi connectivity index (χ4v) is 3.54. The quantitative estimate of drug-likeness (QED) is 0.762. The van der Waals surface area contributed by atoms with E-state index in [1.165, 1.54) is 5.56 Å². The molecular weight excluding hydrogens is 320 g/mol. The van der Waals surface area contributed by atoms with E-state index in [4.69, 9.17) is 0 Å². The van der Waals surface area contributed by atoms with Crippen LogP contribution in [0.25, 0.3) is 0 Å². The third-order valence-corrected chi connectivity index (χ3v) is 4.85. The van der Waals surface area contributed by atoms with Crippen molar-refractivity contribution in [1.29, 1.82) is 0 Å². The van der Waals surface area contributed by atoms with E-state index in [2.05, 4.69) is 41.7 Å². The Hall–Kier alpha value is -2.91. The Morgan fingerprint density at radius 2 is 1.27 bits per heavy atom. The summed E-state index contributed by atoms with van der Waals surface area (Å²) < 4.78 is 0. The van der Waals surface area contributed by atoms with Gasteiger partial charge in [0.2, 0.25) is 5.91 Å². The van der Waals surface area contributed by atoms with Gasteiger partial charge in [0.25, 0.3) is 0 Å². The summed E-state index contributed by atoms with van der Waals surface area (Å²) in [4.78, 5) is 15.1. The van der Waals surface area contributed by atoms with Crippen molar-refractivity contribution in [2.45, 2.75) is 25.2 Å². The highest BCUT2D eigenvalue weighted by atomic mass is 16.2. The van der Waals surface area contributed by atoms with E-state index in [9.17, 15) is 4.79 Å². The number of rotatable bonds is 5. The van der Waals surface area contributed by atoms with Crippen LogP contribution in [0.3, 0.4) is 0 Å². The highest BCUT2D eigenvalue weighted by Gasteiger charge is 2.39. The molecule has 1 saturated heterocycles. The average molecular weight is 342 g/mol. The number of hydrogen-bond donors (Lipinski definition) is 1. The highest BCUT2D eigenvalue weighted by molar-refractivity contribution is 5.85. The molecule has 130 valence electrons. The van der Waals surface area contributed by atoms with Crippen LogP contribution in [0.4, 0.5) is 0 Å². The fraction of sp³-hybridized carbons (Fsp3) is 0.174. The van der Waals surface area contributed by atoms with Crippen molar-refractivity contribution in [1.82, 2.24) is 10.2 Å². The first kappa shape index (κ1) is 16.6. The zero-order valence-corrected chi connectivity index (χ0v) is 14.6. The molecule has 0 aromatic heterocycles. The molecule has 1 aliphatic rings. The van der Waals surface area contributed by atoms with Crippen LogP contribution in [0, 0.1) is 0 Å². The van der Waals surface area contributed by atoms with Gasteiger partial charge in [-0.2, -0.15) is 0 Å². The second kappa shape index (κ2) is 7.54. The Kier molecular flexibility index (Phi) is 4.80. The Balaban J connectivity index is 1.61. The number of amides is 1. The van der Waals surface area contributed by atoms with Crippen molar-refractivity contribution >= 4 is 5.91 Å². The summed E-state index contributed by atoms with van der Waals surface area (Å²) in [5.74, 6) is 0.159. The molecule has 3 nitrogen and oxygen atoms in total. The van der Waals surface area contributed by atoms with Crippen molar-refractivity contribution in [2.75, 3.05) is 0 Å². The van der Waals surface area contributed by atoms with E-state index in [0.29, 0.717) is 13.0 Å². The number of hydrogen-bond acceptors (Lipinski definition) is 2. The zero-order valence-electron chi connectivity index (χ0n) is 14.6. The molecule has 0 aliphatic carbocycles. The molecule has 1 N–H and O–H groups in total. The topological polar surface area (TPSA) is 32.3 Å². The molecule has 1 amide bonds. The maximum absolute atomic E-state index is 13.2. The van der Waals surface area contributed by atoms with E-state index in [1.807, 2.05) is 59.5 Å². The molecule has 0 spiro atoms. The molecule has 4 rings (SSSR count). The van der Waals surface area contributed by atoms with Gasteiger partial charge in [-0.1, -0.05) is 91.0 Å². The Morgan fingerprint density at radius 3 is 1.88 bits per heavy atom. The molecular formula is C23H22N2O. The van der Waals surface area contributed by atoms with Crippen molar-refractivity contribution < 1.29 is 4.79 Å². The van der Waals surface area contributed by atoms with Crippen LogP contribution in [0.5, 0.6) is 0 Å². The number of carbonyl (C=O) groups is 1. The molecule has 1 fully saturated rings. The first-order chi connectivity index (χ1) is 12.8. The summed E-state index contributed by atoms with van der Waals surface area (Å²) in [6, 6.07) is 30.4. The van der Waals surface area contributed by atoms with Crippen LogP contribution < -0.4 is 5.32 Å². The molecule has 0 saturated carbocycles. The molecule has 1 heterocycles. The molecule has 1 aliphatic heterocycles. The predicted molar refractivity (Wildman–Crippen MR) is 103 cm³/mol. The van der Waals surface area contributed by atoms with Gasteiger partial charge >= 0.3 is 0 Å². The maximum atomic E-state index is 13.2. The minimum Gasteiger partial charge on any atom is -0.317 e. The van der Waals surface area contributed by atoms with Gasteiger partial charge in [-0.05, 0) is 23.1 Å². The Bertz CT molecular complexity index is 849. The van der Waals surface area contributed by atoms with Gasteiger partial charge in [0.05, 0.1) is 6.04 Å². The predicted octanol–water partition coefficient (Wildman–Crippen LogP) is 3.93. The lowest BCUT2D eigenvalue weighted by Crippen LogP contribution is -2.32. The molecule has 26 heavy (non-hydrogen) atoms. The first-order valence-corrected chi connectivity index (χ1v) is 9.00. The van der Waals surface area contributed by atoms with Crippen LogP contribution in [-0.4, -0.2) is 16.8 Å². The first-order valence-electron chi connectivity index (χ1n) is 9.00. The Morgan fingerprint density at radius 1 is 0.731 bits per heavy atom. The summed E-state index contributed by atoms with van der Waals surface area (Å²) in [7, 11) is 0. The monoisotopic (exact) mass is 342 g/mol. The number of benzene rings is 3. The van der Waals surface area contributed by atoms with Crippen molar-refractivity contribution in [3.05, 3.63) is 108 Å². The summed E-state index contributed by atoms with van der Waals surface area (Å²) in [5, 5.41) is 3.55. The van der Waals surface area contributed by atoms with E-state index in [0.717, 1.165) is 11.1 Å². The van der Waals surface area contributed by atoms with Gasteiger partial charge in [0.15, 0.2) is 0 Å². The summed E-state index contributed by atoms with van der Waals surface area (Å²) in [6.07, 6.45) is 0.603. The molecule has 2 unspecified atom stereocenters. The van der Waals surface area contributed by atoms with Crippen LogP contribution in [0.2, 0.25) is 0 Å². The van der Waals surface area contributed by atoms with E-state index < -0.39 is 0 Å². The molecule has 0 radical (unpaired) electrons. The molecule has 3 aromatic carbocycles. The van der Waals surface area contributed by atoms with Crippen LogP contribution in [0.15, 0.2) is 91.0 Å². The van der Waals surface area contributed by atoms with Gasteiger partial charge < -0.3 is 4.90 Å². The third-order valence-electron chi connectivity index (χ3n) is 4.85. The van der Waals surface area contributed by atoms with E-state index in [-0.39, 0.29) is 18.1 Å². The Labute approximate surface area is 154 Å². The van der Waals surface area contributed by atoms with Crippen molar-refractivity contribution in [3.63, 3.8) is 0 Å². The lowest BCUT2D eigenvalue weighted by molar-refractivity contribution is -0.130. The normalized spacial score (nSPS) is 19.7. The summed E-state index contributed by atoms with van der Waals surface area (Å²) in [6.45, 7) is 0.609. The van der Waals surface area contributed by atoms with Crippen LogP contribution >= 0.6 is 0 Å². The lowest BCUT2D eigenvalue weighted by Gasteiger charge is -2.24. The minimum atomic E-state index is -0.202. The molecule has 3 heteroatoms. The SMILES string of the molecule is O=C1C(Cc2ccccc2)NC(c2ccccc2)N1Cc1ccccc1. The minimum absolute atomic E-state index is 0.0994. The summed E-state index contributed by atoms with van der Waals surface area (Å²) in [5.41, 5.74) is 3.43. The maximum Gasteiger partial charge on any atom is 0.241 e. The van der Waals surface area contributed by atoms with Crippen molar-refractivity contribution in [2.24, 2.45) is 0 Å². The van der Waals surface area contributed by atoms with Gasteiger partial charge in [-0.15, -0.1) is 0 Å². The fourth-order valence-electron chi connectivity index (χ4n) is 3.54. The van der Waals surface area contributed by atoms with Crippen LogP contribution in [0.1, 0.15) is 22.9 Å². The number of nitrogens with zero attached hydrogens (tertiary/aromatic N) is 1. The van der Waals surface area contributed by atoms with Crippen molar-refractivity contribution in [3.8, 4) is 0 Å². The summed E-state index contributed by atoms with van der Waals surface area (Å²) >= 11 is 0. The highest BCUT2D eigenvalue weighted by Crippen LogP contribution is 2.28.